The molecular formula is C23H25N7O2. The maximum atomic E-state index is 9.26. The Morgan fingerprint density at radius 2 is 1.62 bits per heavy atom. The standard InChI is InChI=1S/C21H20N6.C2H5NO2/c1-26-13-18(11-24-26)15-4-2-5-16(8-15)21-22-9-17(10-23-21)19-12-25-27(14-19)20-6-3-7-20;1-3-2(4)5/h2,4-5,8-14,20H,3,6-7H2,1H3;3H,1H3,(H,4,5). The van der Waals surface area contributed by atoms with Crippen LogP contribution in [0.1, 0.15) is 25.3 Å². The van der Waals surface area contributed by atoms with Crippen LogP contribution in [0.5, 0.6) is 0 Å². The zero-order valence-corrected chi connectivity index (χ0v) is 18.0. The summed E-state index contributed by atoms with van der Waals surface area (Å²) in [6, 6.07) is 8.79. The Morgan fingerprint density at radius 3 is 2.22 bits per heavy atom. The molecule has 0 aliphatic heterocycles. The van der Waals surface area contributed by atoms with Crippen LogP contribution in [0, 0.1) is 0 Å². The third-order valence-corrected chi connectivity index (χ3v) is 5.41. The lowest BCUT2D eigenvalue weighted by Crippen LogP contribution is -2.16. The third-order valence-electron chi connectivity index (χ3n) is 5.41. The van der Waals surface area contributed by atoms with E-state index < -0.39 is 6.09 Å². The molecule has 5 rings (SSSR count). The van der Waals surface area contributed by atoms with Crippen molar-refractivity contribution >= 4 is 6.09 Å². The maximum Gasteiger partial charge on any atom is 0.404 e. The van der Waals surface area contributed by atoms with Crippen molar-refractivity contribution in [2.24, 2.45) is 7.05 Å². The number of aryl methyl sites for hydroxylation is 1. The van der Waals surface area contributed by atoms with Gasteiger partial charge < -0.3 is 10.4 Å². The first kappa shape index (κ1) is 21.2. The van der Waals surface area contributed by atoms with Crippen LogP contribution in [-0.2, 0) is 7.05 Å². The van der Waals surface area contributed by atoms with E-state index in [0.29, 0.717) is 6.04 Å². The first-order valence-corrected chi connectivity index (χ1v) is 10.4. The van der Waals surface area contributed by atoms with Gasteiger partial charge in [-0.3, -0.25) is 9.36 Å². The molecule has 3 aromatic heterocycles. The van der Waals surface area contributed by atoms with Gasteiger partial charge in [0.15, 0.2) is 5.82 Å². The van der Waals surface area contributed by atoms with Crippen molar-refractivity contribution in [3.63, 3.8) is 0 Å². The average Bonchev–Trinajstić information content (AvgIpc) is 3.43. The van der Waals surface area contributed by atoms with E-state index in [2.05, 4.69) is 43.2 Å². The predicted molar refractivity (Wildman–Crippen MR) is 121 cm³/mol. The highest BCUT2D eigenvalue weighted by molar-refractivity contribution is 5.70. The summed E-state index contributed by atoms with van der Waals surface area (Å²) in [5.74, 6) is 0.718. The van der Waals surface area contributed by atoms with Crippen LogP contribution in [0.4, 0.5) is 4.79 Å². The molecule has 0 unspecified atom stereocenters. The fourth-order valence-electron chi connectivity index (χ4n) is 3.37. The molecule has 9 heteroatoms. The molecule has 1 amide bonds. The predicted octanol–water partition coefficient (Wildman–Crippen LogP) is 4.02. The Balaban J connectivity index is 0.000000444. The minimum Gasteiger partial charge on any atom is -0.465 e. The number of hydrogen-bond acceptors (Lipinski definition) is 5. The Kier molecular flexibility index (Phi) is 6.25. The van der Waals surface area contributed by atoms with Gasteiger partial charge in [0.2, 0.25) is 0 Å². The van der Waals surface area contributed by atoms with Gasteiger partial charge in [-0.15, -0.1) is 0 Å². The van der Waals surface area contributed by atoms with Crippen molar-refractivity contribution in [1.29, 1.82) is 0 Å². The number of benzene rings is 1. The molecule has 3 heterocycles. The average molecular weight is 432 g/mol. The summed E-state index contributed by atoms with van der Waals surface area (Å²) < 4.78 is 3.88. The number of carboxylic acid groups (broad SMARTS) is 1. The zero-order valence-electron chi connectivity index (χ0n) is 18.0. The molecule has 0 atom stereocenters. The highest BCUT2D eigenvalue weighted by atomic mass is 16.4. The zero-order chi connectivity index (χ0) is 22.5. The summed E-state index contributed by atoms with van der Waals surface area (Å²) >= 11 is 0. The molecule has 1 aliphatic rings. The van der Waals surface area contributed by atoms with Crippen LogP contribution >= 0.6 is 0 Å². The molecule has 0 radical (unpaired) electrons. The second-order valence-electron chi connectivity index (χ2n) is 7.63. The van der Waals surface area contributed by atoms with Crippen molar-refractivity contribution in [2.75, 3.05) is 7.05 Å². The largest absolute Gasteiger partial charge is 0.465 e. The van der Waals surface area contributed by atoms with Crippen molar-refractivity contribution < 1.29 is 9.90 Å². The van der Waals surface area contributed by atoms with E-state index in [1.165, 1.54) is 26.3 Å². The fourth-order valence-corrected chi connectivity index (χ4v) is 3.37. The highest BCUT2D eigenvalue weighted by Crippen LogP contribution is 2.32. The highest BCUT2D eigenvalue weighted by Gasteiger charge is 2.20. The van der Waals surface area contributed by atoms with Crippen molar-refractivity contribution in [3.05, 3.63) is 61.4 Å². The molecule has 9 nitrogen and oxygen atoms in total. The Labute approximate surface area is 185 Å². The van der Waals surface area contributed by atoms with Crippen LogP contribution in [0.3, 0.4) is 0 Å². The molecule has 1 aliphatic carbocycles. The number of amides is 1. The first-order chi connectivity index (χ1) is 15.5. The molecule has 1 saturated carbocycles. The Bertz CT molecular complexity index is 1190. The molecule has 1 aromatic carbocycles. The lowest BCUT2D eigenvalue weighted by atomic mass is 9.93. The molecule has 32 heavy (non-hydrogen) atoms. The molecule has 4 aromatic rings. The SMILES string of the molecule is CNC(=O)O.Cn1cc(-c2cccc(-c3ncc(-c4cnn(C5CCC5)c4)cn3)c2)cn1. The van der Waals surface area contributed by atoms with E-state index in [-0.39, 0.29) is 0 Å². The van der Waals surface area contributed by atoms with Gasteiger partial charge in [0.05, 0.1) is 18.4 Å². The van der Waals surface area contributed by atoms with Crippen molar-refractivity contribution in [3.8, 4) is 33.6 Å². The first-order valence-electron chi connectivity index (χ1n) is 10.4. The van der Waals surface area contributed by atoms with Gasteiger partial charge in [-0.05, 0) is 30.9 Å². The molecule has 0 saturated heterocycles. The summed E-state index contributed by atoms with van der Waals surface area (Å²) in [5.41, 5.74) is 5.24. The van der Waals surface area contributed by atoms with Crippen LogP contribution < -0.4 is 5.32 Å². The van der Waals surface area contributed by atoms with Crippen molar-refractivity contribution in [1.82, 2.24) is 34.8 Å². The molecule has 0 spiro atoms. The van der Waals surface area contributed by atoms with E-state index in [1.807, 2.05) is 55.5 Å². The summed E-state index contributed by atoms with van der Waals surface area (Å²) in [7, 11) is 3.27. The van der Waals surface area contributed by atoms with E-state index in [9.17, 15) is 4.79 Å². The van der Waals surface area contributed by atoms with E-state index in [0.717, 1.165) is 33.6 Å². The van der Waals surface area contributed by atoms with Crippen LogP contribution in [0.15, 0.2) is 61.4 Å². The minimum atomic E-state index is -0.995. The maximum absolute atomic E-state index is 9.26. The Morgan fingerprint density at radius 1 is 0.969 bits per heavy atom. The van der Waals surface area contributed by atoms with Crippen LogP contribution in [0.2, 0.25) is 0 Å². The summed E-state index contributed by atoms with van der Waals surface area (Å²) in [5, 5.41) is 18.3. The fraction of sp³-hybridized carbons (Fsp3) is 0.261. The van der Waals surface area contributed by atoms with Gasteiger partial charge in [0.1, 0.15) is 0 Å². The molecule has 164 valence electrons. The topological polar surface area (TPSA) is 111 Å². The number of aromatic nitrogens is 6. The molecule has 0 bridgehead atoms. The van der Waals surface area contributed by atoms with E-state index in [1.54, 1.807) is 4.68 Å². The smallest absolute Gasteiger partial charge is 0.404 e. The van der Waals surface area contributed by atoms with Gasteiger partial charge >= 0.3 is 6.09 Å². The molecule has 1 fully saturated rings. The number of carbonyl (C=O) groups is 1. The normalized spacial score (nSPS) is 13.1. The van der Waals surface area contributed by atoms with Gasteiger partial charge in [0.25, 0.3) is 0 Å². The molecular weight excluding hydrogens is 406 g/mol. The number of nitrogens with one attached hydrogen (secondary N) is 1. The summed E-state index contributed by atoms with van der Waals surface area (Å²) in [6.07, 6.45) is 14.4. The van der Waals surface area contributed by atoms with E-state index in [4.69, 9.17) is 5.11 Å². The number of nitrogens with zero attached hydrogens (tertiary/aromatic N) is 6. The minimum absolute atomic E-state index is 0.564. The lowest BCUT2D eigenvalue weighted by molar-refractivity contribution is 0.197. The van der Waals surface area contributed by atoms with Gasteiger partial charge in [-0.1, -0.05) is 18.2 Å². The summed E-state index contributed by atoms with van der Waals surface area (Å²) in [6.45, 7) is 0. The van der Waals surface area contributed by atoms with Crippen LogP contribution in [0.25, 0.3) is 33.6 Å². The second kappa shape index (κ2) is 9.42. The number of hydrogen-bond donors (Lipinski definition) is 2. The Hall–Kier alpha value is -4.01. The molecule has 2 N–H and O–H groups in total. The lowest BCUT2D eigenvalue weighted by Gasteiger charge is -2.25. The second-order valence-corrected chi connectivity index (χ2v) is 7.63. The summed E-state index contributed by atoms with van der Waals surface area (Å²) in [4.78, 5) is 18.4. The van der Waals surface area contributed by atoms with Gasteiger partial charge in [-0.2, -0.15) is 10.2 Å². The number of rotatable bonds is 4. The van der Waals surface area contributed by atoms with E-state index >= 15 is 0 Å². The van der Waals surface area contributed by atoms with Crippen LogP contribution in [-0.4, -0.2) is 47.8 Å². The van der Waals surface area contributed by atoms with Gasteiger partial charge in [0, 0.05) is 61.1 Å². The van der Waals surface area contributed by atoms with Crippen molar-refractivity contribution in [2.45, 2.75) is 25.3 Å². The quantitative estimate of drug-likeness (QED) is 0.505. The monoisotopic (exact) mass is 431 g/mol. The van der Waals surface area contributed by atoms with Gasteiger partial charge in [-0.25, -0.2) is 14.8 Å². The third kappa shape index (κ3) is 4.83.